The largest absolute Gasteiger partial charge is 0.325 e. The second-order valence-electron chi connectivity index (χ2n) is 5.16. The Labute approximate surface area is 128 Å². The Morgan fingerprint density at radius 3 is 2.67 bits per heavy atom. The molecule has 1 amide bonds. The molecular weight excluding hydrogens is 284 g/mol. The smallest absolute Gasteiger partial charge is 0.228 e. The number of nitrogens with zero attached hydrogens (tertiary/aromatic N) is 1. The summed E-state index contributed by atoms with van der Waals surface area (Å²) in [6, 6.07) is 16.9. The van der Waals surface area contributed by atoms with Crippen molar-refractivity contribution in [1.29, 1.82) is 5.26 Å². The molecule has 2 aromatic rings. The predicted octanol–water partition coefficient (Wildman–Crippen LogP) is 3.95. The van der Waals surface area contributed by atoms with Gasteiger partial charge in [0.2, 0.25) is 5.91 Å². The Morgan fingerprint density at radius 1 is 1.24 bits per heavy atom. The molecule has 0 aromatic heterocycles. The lowest BCUT2D eigenvalue weighted by molar-refractivity contribution is -0.117. The van der Waals surface area contributed by atoms with E-state index in [0.29, 0.717) is 22.2 Å². The molecule has 104 valence electrons. The first-order chi connectivity index (χ1) is 10.2. The molecule has 0 saturated heterocycles. The summed E-state index contributed by atoms with van der Waals surface area (Å²) in [6.45, 7) is 0. The zero-order valence-corrected chi connectivity index (χ0v) is 12.0. The molecule has 2 unspecified atom stereocenters. The number of nitrogens with one attached hydrogen (secondary N) is 1. The van der Waals surface area contributed by atoms with Crippen LogP contribution in [0.15, 0.2) is 48.5 Å². The SMILES string of the molecule is N#Cc1ccc(NC(=O)C2CC2c2ccccc2)c(Cl)c1. The average molecular weight is 297 g/mol. The Hall–Kier alpha value is -2.31. The van der Waals surface area contributed by atoms with Gasteiger partial charge in [0.1, 0.15) is 0 Å². The van der Waals surface area contributed by atoms with Crippen LogP contribution in [0.25, 0.3) is 0 Å². The number of halogens is 1. The quantitative estimate of drug-likeness (QED) is 0.932. The lowest BCUT2D eigenvalue weighted by atomic mass is 10.1. The zero-order valence-electron chi connectivity index (χ0n) is 11.2. The Balaban J connectivity index is 1.67. The van der Waals surface area contributed by atoms with Crippen molar-refractivity contribution in [3.8, 4) is 6.07 Å². The van der Waals surface area contributed by atoms with Crippen molar-refractivity contribution in [2.75, 3.05) is 5.32 Å². The molecule has 0 heterocycles. The number of rotatable bonds is 3. The van der Waals surface area contributed by atoms with Crippen molar-refractivity contribution in [2.45, 2.75) is 12.3 Å². The molecule has 1 aliphatic carbocycles. The van der Waals surface area contributed by atoms with Gasteiger partial charge in [0.15, 0.2) is 0 Å². The molecule has 1 N–H and O–H groups in total. The van der Waals surface area contributed by atoms with Crippen molar-refractivity contribution in [3.05, 3.63) is 64.7 Å². The normalized spacial score (nSPS) is 19.6. The molecule has 2 aromatic carbocycles. The number of nitriles is 1. The second-order valence-corrected chi connectivity index (χ2v) is 5.56. The van der Waals surface area contributed by atoms with Crippen LogP contribution in [0.1, 0.15) is 23.5 Å². The molecule has 0 spiro atoms. The van der Waals surface area contributed by atoms with Crippen LogP contribution < -0.4 is 5.32 Å². The van der Waals surface area contributed by atoms with Crippen molar-refractivity contribution >= 4 is 23.2 Å². The van der Waals surface area contributed by atoms with Crippen LogP contribution in [0.2, 0.25) is 5.02 Å². The molecule has 3 rings (SSSR count). The highest BCUT2D eigenvalue weighted by Crippen LogP contribution is 2.48. The van der Waals surface area contributed by atoms with E-state index in [2.05, 4.69) is 5.32 Å². The summed E-state index contributed by atoms with van der Waals surface area (Å²) in [4.78, 5) is 12.2. The van der Waals surface area contributed by atoms with E-state index in [1.807, 2.05) is 36.4 Å². The predicted molar refractivity (Wildman–Crippen MR) is 82.1 cm³/mol. The maximum atomic E-state index is 12.2. The fraction of sp³-hybridized carbons (Fsp3) is 0.176. The minimum Gasteiger partial charge on any atom is -0.325 e. The van der Waals surface area contributed by atoms with Gasteiger partial charge < -0.3 is 5.32 Å². The van der Waals surface area contributed by atoms with Gasteiger partial charge in [0, 0.05) is 5.92 Å². The van der Waals surface area contributed by atoms with E-state index in [-0.39, 0.29) is 11.8 Å². The number of amides is 1. The van der Waals surface area contributed by atoms with Crippen LogP contribution >= 0.6 is 11.6 Å². The molecule has 0 aliphatic heterocycles. The van der Waals surface area contributed by atoms with E-state index in [9.17, 15) is 4.79 Å². The first-order valence-electron chi connectivity index (χ1n) is 6.74. The van der Waals surface area contributed by atoms with Crippen molar-refractivity contribution in [2.24, 2.45) is 5.92 Å². The van der Waals surface area contributed by atoms with Crippen LogP contribution in [0.3, 0.4) is 0 Å². The van der Waals surface area contributed by atoms with Gasteiger partial charge >= 0.3 is 0 Å². The maximum Gasteiger partial charge on any atom is 0.228 e. The fourth-order valence-electron chi connectivity index (χ4n) is 2.46. The summed E-state index contributed by atoms with van der Waals surface area (Å²) >= 11 is 6.06. The van der Waals surface area contributed by atoms with Crippen LogP contribution in [0, 0.1) is 17.2 Å². The highest BCUT2D eigenvalue weighted by Gasteiger charge is 2.43. The third-order valence-electron chi connectivity index (χ3n) is 3.71. The van der Waals surface area contributed by atoms with Gasteiger partial charge in [-0.05, 0) is 36.1 Å². The van der Waals surface area contributed by atoms with Crippen LogP contribution in [-0.4, -0.2) is 5.91 Å². The van der Waals surface area contributed by atoms with E-state index in [1.54, 1.807) is 18.2 Å². The lowest BCUT2D eigenvalue weighted by Gasteiger charge is -2.07. The fourth-order valence-corrected chi connectivity index (χ4v) is 2.69. The molecule has 0 radical (unpaired) electrons. The summed E-state index contributed by atoms with van der Waals surface area (Å²) < 4.78 is 0. The highest BCUT2D eigenvalue weighted by molar-refractivity contribution is 6.33. The average Bonchev–Trinajstić information content (AvgIpc) is 3.31. The minimum atomic E-state index is -0.0181. The first kappa shape index (κ1) is 13.7. The van der Waals surface area contributed by atoms with Gasteiger partial charge in [-0.25, -0.2) is 0 Å². The number of benzene rings is 2. The van der Waals surface area contributed by atoms with Crippen molar-refractivity contribution in [1.82, 2.24) is 0 Å². The molecule has 0 bridgehead atoms. The number of carbonyl (C=O) groups excluding carboxylic acids is 1. The summed E-state index contributed by atoms with van der Waals surface area (Å²) in [5.74, 6) is 0.276. The van der Waals surface area contributed by atoms with Gasteiger partial charge in [-0.15, -0.1) is 0 Å². The summed E-state index contributed by atoms with van der Waals surface area (Å²) in [6.07, 6.45) is 0.865. The number of anilines is 1. The van der Waals surface area contributed by atoms with Gasteiger partial charge in [-0.1, -0.05) is 41.9 Å². The standard InChI is InChI=1S/C17H13ClN2O/c18-15-8-11(10-19)6-7-16(15)20-17(21)14-9-13(14)12-4-2-1-3-5-12/h1-8,13-14H,9H2,(H,20,21). The molecule has 3 nitrogen and oxygen atoms in total. The van der Waals surface area contributed by atoms with E-state index in [0.717, 1.165) is 6.42 Å². The second kappa shape index (κ2) is 5.59. The Morgan fingerprint density at radius 2 is 2.00 bits per heavy atom. The molecule has 2 atom stereocenters. The number of carbonyl (C=O) groups is 1. The summed E-state index contributed by atoms with van der Waals surface area (Å²) in [5.41, 5.74) is 2.23. The number of hydrogen-bond donors (Lipinski definition) is 1. The first-order valence-corrected chi connectivity index (χ1v) is 7.12. The molecule has 4 heteroatoms. The Bertz CT molecular complexity index is 721. The van der Waals surface area contributed by atoms with Gasteiger partial charge in [0.05, 0.1) is 22.3 Å². The van der Waals surface area contributed by atoms with Crippen molar-refractivity contribution < 1.29 is 4.79 Å². The molecule has 21 heavy (non-hydrogen) atoms. The van der Waals surface area contributed by atoms with E-state index >= 15 is 0 Å². The number of hydrogen-bond acceptors (Lipinski definition) is 2. The Kier molecular flexibility index (Phi) is 3.64. The molecule has 1 saturated carbocycles. The molecular formula is C17H13ClN2O. The molecule has 1 fully saturated rings. The highest BCUT2D eigenvalue weighted by atomic mass is 35.5. The monoisotopic (exact) mass is 296 g/mol. The van der Waals surface area contributed by atoms with Gasteiger partial charge in [0.25, 0.3) is 0 Å². The van der Waals surface area contributed by atoms with E-state index in [1.165, 1.54) is 5.56 Å². The van der Waals surface area contributed by atoms with Crippen LogP contribution in [0.4, 0.5) is 5.69 Å². The van der Waals surface area contributed by atoms with Crippen molar-refractivity contribution in [3.63, 3.8) is 0 Å². The van der Waals surface area contributed by atoms with Crippen LogP contribution in [-0.2, 0) is 4.79 Å². The van der Waals surface area contributed by atoms with E-state index in [4.69, 9.17) is 16.9 Å². The molecule has 1 aliphatic rings. The van der Waals surface area contributed by atoms with E-state index < -0.39 is 0 Å². The third-order valence-corrected chi connectivity index (χ3v) is 4.02. The van der Waals surface area contributed by atoms with Gasteiger partial charge in [-0.2, -0.15) is 5.26 Å². The third kappa shape index (κ3) is 2.91. The lowest BCUT2D eigenvalue weighted by Crippen LogP contribution is -2.14. The zero-order chi connectivity index (χ0) is 14.8. The minimum absolute atomic E-state index is 0.000824. The maximum absolute atomic E-state index is 12.2. The topological polar surface area (TPSA) is 52.9 Å². The summed E-state index contributed by atoms with van der Waals surface area (Å²) in [5, 5.41) is 12.0. The van der Waals surface area contributed by atoms with Crippen LogP contribution in [0.5, 0.6) is 0 Å². The summed E-state index contributed by atoms with van der Waals surface area (Å²) in [7, 11) is 0. The van der Waals surface area contributed by atoms with Gasteiger partial charge in [-0.3, -0.25) is 4.79 Å².